The summed E-state index contributed by atoms with van der Waals surface area (Å²) in [6.07, 6.45) is 6.95. The molecule has 1 aliphatic carbocycles. The number of hydrogen-bond acceptors (Lipinski definition) is 2. The van der Waals surface area contributed by atoms with Crippen molar-refractivity contribution in [2.45, 2.75) is 52.5 Å². The topological polar surface area (TPSA) is 24.9 Å². The predicted molar refractivity (Wildman–Crippen MR) is 78.2 cm³/mol. The molecule has 2 rings (SSSR count). The minimum atomic E-state index is 0.557. The first-order chi connectivity index (χ1) is 8.56. The molecule has 2 nitrogen and oxygen atoms in total. The third-order valence-electron chi connectivity index (χ3n) is 4.05. The highest BCUT2D eigenvalue weighted by atomic mass is 35.5. The lowest BCUT2D eigenvalue weighted by molar-refractivity contribution is 0.267. The maximum Gasteiger partial charge on any atom is 0.152 e. The fraction of sp³-hybridized carbons (Fsp3) is 0.667. The van der Waals surface area contributed by atoms with E-state index in [-0.39, 0.29) is 0 Å². The molecular weight excluding hydrogens is 244 g/mol. The van der Waals surface area contributed by atoms with Crippen LogP contribution in [-0.4, -0.2) is 11.0 Å². The molecule has 3 heteroatoms. The molecule has 1 saturated carbocycles. The van der Waals surface area contributed by atoms with Crippen LogP contribution in [0.25, 0.3) is 0 Å². The number of anilines is 1. The van der Waals surface area contributed by atoms with Crippen LogP contribution in [0.1, 0.15) is 45.1 Å². The summed E-state index contributed by atoms with van der Waals surface area (Å²) in [6.45, 7) is 6.71. The molecule has 0 bridgehead atoms. The summed E-state index contributed by atoms with van der Waals surface area (Å²) in [7, 11) is 0. The lowest BCUT2D eigenvalue weighted by Crippen LogP contribution is -2.28. The predicted octanol–water partition coefficient (Wildman–Crippen LogP) is 4.67. The average Bonchev–Trinajstić information content (AvgIpc) is 2.34. The number of halogens is 1. The third kappa shape index (κ3) is 3.38. The van der Waals surface area contributed by atoms with Crippen LogP contribution in [0.3, 0.4) is 0 Å². The van der Waals surface area contributed by atoms with E-state index in [2.05, 4.69) is 30.2 Å². The molecule has 1 N–H and O–H groups in total. The van der Waals surface area contributed by atoms with E-state index >= 15 is 0 Å². The molecular formula is C15H23ClN2. The first-order valence-corrected chi connectivity index (χ1v) is 7.32. The van der Waals surface area contributed by atoms with E-state index in [0.29, 0.717) is 11.2 Å². The van der Waals surface area contributed by atoms with Crippen molar-refractivity contribution in [1.29, 1.82) is 0 Å². The Morgan fingerprint density at radius 2 is 1.94 bits per heavy atom. The second-order valence-corrected chi connectivity index (χ2v) is 6.21. The summed E-state index contributed by atoms with van der Waals surface area (Å²) in [5, 5.41) is 4.14. The van der Waals surface area contributed by atoms with Gasteiger partial charge in [-0.25, -0.2) is 4.98 Å². The molecule has 1 aromatic rings. The molecule has 0 radical (unpaired) electrons. The van der Waals surface area contributed by atoms with Crippen molar-refractivity contribution < 1.29 is 0 Å². The molecule has 1 aliphatic rings. The van der Waals surface area contributed by atoms with Gasteiger partial charge >= 0.3 is 0 Å². The highest BCUT2D eigenvalue weighted by Gasteiger charge is 2.23. The largest absolute Gasteiger partial charge is 0.380 e. The summed E-state index contributed by atoms with van der Waals surface area (Å²) in [4.78, 5) is 4.19. The van der Waals surface area contributed by atoms with E-state index in [0.717, 1.165) is 23.1 Å². The van der Waals surface area contributed by atoms with Gasteiger partial charge in [-0.2, -0.15) is 0 Å². The van der Waals surface area contributed by atoms with Gasteiger partial charge in [0.2, 0.25) is 0 Å². The van der Waals surface area contributed by atoms with Crippen LogP contribution in [0, 0.1) is 18.8 Å². The van der Waals surface area contributed by atoms with E-state index < -0.39 is 0 Å². The maximum absolute atomic E-state index is 6.12. The molecule has 0 spiro atoms. The van der Waals surface area contributed by atoms with Crippen molar-refractivity contribution in [3.8, 4) is 0 Å². The van der Waals surface area contributed by atoms with E-state index in [9.17, 15) is 0 Å². The molecule has 1 fully saturated rings. The van der Waals surface area contributed by atoms with E-state index in [1.165, 1.54) is 25.7 Å². The molecule has 0 aliphatic heterocycles. The van der Waals surface area contributed by atoms with Crippen molar-refractivity contribution in [3.63, 3.8) is 0 Å². The maximum atomic E-state index is 6.12. The van der Waals surface area contributed by atoms with Gasteiger partial charge in [0.05, 0.1) is 5.69 Å². The first kappa shape index (κ1) is 13.7. The van der Waals surface area contributed by atoms with Crippen molar-refractivity contribution in [3.05, 3.63) is 23.0 Å². The van der Waals surface area contributed by atoms with Crippen LogP contribution in [0.4, 0.5) is 5.69 Å². The Bertz CT molecular complexity index is 395. The molecule has 0 atom stereocenters. The van der Waals surface area contributed by atoms with Crippen molar-refractivity contribution in [1.82, 2.24) is 4.98 Å². The zero-order valence-electron chi connectivity index (χ0n) is 11.5. The van der Waals surface area contributed by atoms with Crippen LogP contribution in [-0.2, 0) is 0 Å². The van der Waals surface area contributed by atoms with Gasteiger partial charge in [0.25, 0.3) is 0 Å². The number of aryl methyl sites for hydroxylation is 1. The minimum absolute atomic E-state index is 0.557. The van der Waals surface area contributed by atoms with Crippen LogP contribution in [0.15, 0.2) is 12.3 Å². The molecule has 18 heavy (non-hydrogen) atoms. The molecule has 0 unspecified atom stereocenters. The summed E-state index contributed by atoms with van der Waals surface area (Å²) in [6, 6.07) is 2.64. The monoisotopic (exact) mass is 266 g/mol. The molecule has 1 heterocycles. The Labute approximate surface area is 115 Å². The van der Waals surface area contributed by atoms with Crippen molar-refractivity contribution in [2.24, 2.45) is 11.8 Å². The number of rotatable bonds is 3. The fourth-order valence-electron chi connectivity index (χ4n) is 2.80. The number of hydrogen-bond donors (Lipinski definition) is 1. The smallest absolute Gasteiger partial charge is 0.152 e. The zero-order valence-corrected chi connectivity index (χ0v) is 12.3. The Kier molecular flexibility index (Phi) is 4.50. The number of nitrogens with zero attached hydrogens (tertiary/aromatic N) is 1. The quantitative estimate of drug-likeness (QED) is 0.804. The highest BCUT2D eigenvalue weighted by Crippen LogP contribution is 2.32. The normalized spacial score (nSPS) is 24.3. The van der Waals surface area contributed by atoms with Gasteiger partial charge in [-0.15, -0.1) is 0 Å². The van der Waals surface area contributed by atoms with Gasteiger partial charge in [0.1, 0.15) is 0 Å². The second-order valence-electron chi connectivity index (χ2n) is 5.85. The highest BCUT2D eigenvalue weighted by molar-refractivity contribution is 6.31. The molecule has 0 aromatic carbocycles. The molecule has 1 aromatic heterocycles. The SMILES string of the molecule is Cc1cnc(Cl)c(NC2CCC(C(C)C)CC2)c1. The lowest BCUT2D eigenvalue weighted by atomic mass is 9.79. The summed E-state index contributed by atoms with van der Waals surface area (Å²) in [5.41, 5.74) is 2.14. The fourth-order valence-corrected chi connectivity index (χ4v) is 2.96. The summed E-state index contributed by atoms with van der Waals surface area (Å²) < 4.78 is 0. The lowest BCUT2D eigenvalue weighted by Gasteiger charge is -2.32. The van der Waals surface area contributed by atoms with E-state index in [4.69, 9.17) is 11.6 Å². The van der Waals surface area contributed by atoms with Gasteiger partial charge in [-0.1, -0.05) is 25.4 Å². The second kappa shape index (κ2) is 5.92. The van der Waals surface area contributed by atoms with Crippen molar-refractivity contribution >= 4 is 17.3 Å². The minimum Gasteiger partial charge on any atom is -0.380 e. The summed E-state index contributed by atoms with van der Waals surface area (Å²) >= 11 is 6.12. The van der Waals surface area contributed by atoms with Crippen LogP contribution < -0.4 is 5.32 Å². The standard InChI is InChI=1S/C15H23ClN2/c1-10(2)12-4-6-13(7-5-12)18-14-8-11(3)9-17-15(14)16/h8-10,12-13,18H,4-7H2,1-3H3. The Hall–Kier alpha value is -0.760. The van der Waals surface area contributed by atoms with Gasteiger partial charge in [0.15, 0.2) is 5.15 Å². The third-order valence-corrected chi connectivity index (χ3v) is 4.35. The van der Waals surface area contributed by atoms with Crippen molar-refractivity contribution in [2.75, 3.05) is 5.32 Å². The Balaban J connectivity index is 1.93. The number of pyridine rings is 1. The molecule has 0 amide bonds. The Morgan fingerprint density at radius 1 is 1.28 bits per heavy atom. The summed E-state index contributed by atoms with van der Waals surface area (Å²) in [5.74, 6) is 1.71. The number of nitrogens with one attached hydrogen (secondary N) is 1. The van der Waals surface area contributed by atoms with Gasteiger partial charge in [-0.3, -0.25) is 0 Å². The van der Waals surface area contributed by atoms with Crippen LogP contribution >= 0.6 is 11.6 Å². The van der Waals surface area contributed by atoms with Gasteiger partial charge in [-0.05, 0) is 56.1 Å². The van der Waals surface area contributed by atoms with E-state index in [1.807, 2.05) is 13.1 Å². The molecule has 0 saturated heterocycles. The Morgan fingerprint density at radius 3 is 2.56 bits per heavy atom. The van der Waals surface area contributed by atoms with Gasteiger partial charge in [0, 0.05) is 12.2 Å². The number of aromatic nitrogens is 1. The van der Waals surface area contributed by atoms with Crippen LogP contribution in [0.5, 0.6) is 0 Å². The molecule has 100 valence electrons. The zero-order chi connectivity index (χ0) is 13.1. The van der Waals surface area contributed by atoms with Gasteiger partial charge < -0.3 is 5.32 Å². The van der Waals surface area contributed by atoms with Crippen LogP contribution in [0.2, 0.25) is 5.15 Å². The first-order valence-electron chi connectivity index (χ1n) is 6.95. The average molecular weight is 267 g/mol. The van der Waals surface area contributed by atoms with E-state index in [1.54, 1.807) is 0 Å².